The molecule has 4 nitrogen and oxygen atoms in total. The summed E-state index contributed by atoms with van der Waals surface area (Å²) in [4.78, 5) is 22.5. The molecule has 0 N–H and O–H groups in total. The quantitative estimate of drug-likeness (QED) is 0.619. The zero-order chi connectivity index (χ0) is 13.7. The van der Waals surface area contributed by atoms with Crippen LogP contribution in [-0.2, 0) is 9.53 Å². The molecule has 18 heavy (non-hydrogen) atoms. The van der Waals surface area contributed by atoms with Gasteiger partial charge in [0.15, 0.2) is 0 Å². The molecule has 1 unspecified atom stereocenters. The topological polar surface area (TPSA) is 52.6 Å². The summed E-state index contributed by atoms with van der Waals surface area (Å²) in [5, 5.41) is 0. The first-order valence-corrected chi connectivity index (χ1v) is 6.42. The first-order valence-electron chi connectivity index (χ1n) is 5.50. The Kier molecular flexibility index (Phi) is 5.34. The second kappa shape index (κ2) is 6.54. The van der Waals surface area contributed by atoms with Crippen LogP contribution in [0.5, 0.6) is 5.75 Å². The summed E-state index contributed by atoms with van der Waals surface area (Å²) in [5.41, 5.74) is 1.02. The lowest BCUT2D eigenvalue weighted by Gasteiger charge is -2.13. The van der Waals surface area contributed by atoms with E-state index in [2.05, 4.69) is 15.9 Å². The zero-order valence-corrected chi connectivity index (χ0v) is 12.1. The van der Waals surface area contributed by atoms with Crippen LogP contribution in [-0.4, -0.2) is 25.5 Å². The Labute approximate surface area is 114 Å². The van der Waals surface area contributed by atoms with E-state index in [1.807, 2.05) is 0 Å². The van der Waals surface area contributed by atoms with Gasteiger partial charge < -0.3 is 9.47 Å². The maximum absolute atomic E-state index is 11.6. The van der Waals surface area contributed by atoms with E-state index in [9.17, 15) is 9.59 Å². The highest BCUT2D eigenvalue weighted by Gasteiger charge is 2.19. The highest BCUT2D eigenvalue weighted by molar-refractivity contribution is 9.09. The summed E-state index contributed by atoms with van der Waals surface area (Å²) in [6, 6.07) is 4.87. The van der Waals surface area contributed by atoms with Gasteiger partial charge in [-0.1, -0.05) is 15.9 Å². The number of methoxy groups -OCH3 is 1. The highest BCUT2D eigenvalue weighted by atomic mass is 79.9. The molecular weight excluding hydrogens is 300 g/mol. The van der Waals surface area contributed by atoms with Crippen LogP contribution in [0.4, 0.5) is 0 Å². The lowest BCUT2D eigenvalue weighted by molar-refractivity contribution is -0.116. The molecule has 98 valence electrons. The molecule has 0 amide bonds. The van der Waals surface area contributed by atoms with Crippen molar-refractivity contribution in [1.82, 2.24) is 0 Å². The van der Waals surface area contributed by atoms with Crippen LogP contribution >= 0.6 is 15.9 Å². The fourth-order valence-corrected chi connectivity index (χ4v) is 1.85. The van der Waals surface area contributed by atoms with Crippen molar-refractivity contribution in [3.05, 3.63) is 29.3 Å². The second-order valence-corrected chi connectivity index (χ2v) is 4.57. The van der Waals surface area contributed by atoms with E-state index in [-0.39, 0.29) is 5.78 Å². The van der Waals surface area contributed by atoms with Gasteiger partial charge in [0.05, 0.1) is 19.3 Å². The summed E-state index contributed by atoms with van der Waals surface area (Å²) in [7, 11) is 1.52. The van der Waals surface area contributed by atoms with Gasteiger partial charge in [-0.15, -0.1) is 0 Å². The summed E-state index contributed by atoms with van der Waals surface area (Å²) >= 11 is 3.28. The van der Waals surface area contributed by atoms with Gasteiger partial charge in [-0.25, -0.2) is 4.79 Å². The minimum Gasteiger partial charge on any atom is -0.496 e. The van der Waals surface area contributed by atoms with E-state index >= 15 is 0 Å². The average Bonchev–Trinajstić information content (AvgIpc) is 2.37. The van der Waals surface area contributed by atoms with Crippen molar-refractivity contribution in [3.63, 3.8) is 0 Å². The van der Waals surface area contributed by atoms with Crippen molar-refractivity contribution in [2.75, 3.05) is 13.7 Å². The standard InChI is InChI=1S/C13H15BrO4/c1-4-18-13(16)9-5-6-11(17-3)10(7-9)12(14)8(2)15/h5-7,12H,4H2,1-3H3. The SMILES string of the molecule is CCOC(=O)c1ccc(OC)c(C(Br)C(C)=O)c1. The molecule has 1 aromatic carbocycles. The molecule has 0 fully saturated rings. The van der Waals surface area contributed by atoms with Crippen molar-refractivity contribution < 1.29 is 19.1 Å². The van der Waals surface area contributed by atoms with Gasteiger partial charge in [0.1, 0.15) is 16.4 Å². The van der Waals surface area contributed by atoms with E-state index < -0.39 is 10.8 Å². The van der Waals surface area contributed by atoms with Gasteiger partial charge in [0, 0.05) is 5.56 Å². The van der Waals surface area contributed by atoms with Crippen LogP contribution in [0.2, 0.25) is 0 Å². The molecule has 1 aromatic rings. The minimum absolute atomic E-state index is 0.0608. The van der Waals surface area contributed by atoms with Crippen LogP contribution < -0.4 is 4.74 Å². The number of hydrogen-bond acceptors (Lipinski definition) is 4. The van der Waals surface area contributed by atoms with Gasteiger partial charge in [-0.3, -0.25) is 4.79 Å². The van der Waals surface area contributed by atoms with Gasteiger partial charge in [-0.05, 0) is 32.0 Å². The van der Waals surface area contributed by atoms with Crippen LogP contribution in [0.1, 0.15) is 34.6 Å². The van der Waals surface area contributed by atoms with Crippen LogP contribution in [0.3, 0.4) is 0 Å². The highest BCUT2D eigenvalue weighted by Crippen LogP contribution is 2.32. The maximum Gasteiger partial charge on any atom is 0.338 e. The number of esters is 1. The summed E-state index contributed by atoms with van der Waals surface area (Å²) in [6.45, 7) is 3.52. The molecule has 0 saturated carbocycles. The molecule has 0 spiro atoms. The normalized spacial score (nSPS) is 11.8. The Morgan fingerprint density at radius 1 is 1.39 bits per heavy atom. The molecule has 0 heterocycles. The first kappa shape index (κ1) is 14.7. The van der Waals surface area contributed by atoms with Gasteiger partial charge >= 0.3 is 5.97 Å². The molecule has 0 aliphatic carbocycles. The molecule has 0 aliphatic rings. The molecule has 1 rings (SSSR count). The monoisotopic (exact) mass is 314 g/mol. The minimum atomic E-state index is -0.498. The van der Waals surface area contributed by atoms with Gasteiger partial charge in [-0.2, -0.15) is 0 Å². The molecule has 1 atom stereocenters. The zero-order valence-electron chi connectivity index (χ0n) is 10.5. The summed E-state index contributed by atoms with van der Waals surface area (Å²) in [6.07, 6.45) is 0. The number of carbonyl (C=O) groups excluding carboxylic acids is 2. The number of Topliss-reactive ketones (excluding diaryl/α,β-unsaturated/α-hetero) is 1. The smallest absolute Gasteiger partial charge is 0.338 e. The second-order valence-electron chi connectivity index (χ2n) is 3.65. The number of alkyl halides is 1. The predicted octanol–water partition coefficient (Wildman–Crippen LogP) is 2.90. The van der Waals surface area contributed by atoms with Crippen molar-refractivity contribution >= 4 is 27.7 Å². The van der Waals surface area contributed by atoms with Crippen LogP contribution in [0.25, 0.3) is 0 Å². The number of benzene rings is 1. The Balaban J connectivity index is 3.17. The lowest BCUT2D eigenvalue weighted by atomic mass is 10.0. The lowest BCUT2D eigenvalue weighted by Crippen LogP contribution is -2.08. The van der Waals surface area contributed by atoms with E-state index in [4.69, 9.17) is 9.47 Å². The summed E-state index contributed by atoms with van der Waals surface area (Å²) < 4.78 is 10.1. The van der Waals surface area contributed by atoms with E-state index in [1.165, 1.54) is 14.0 Å². The molecule has 5 heteroatoms. The first-order chi connectivity index (χ1) is 8.51. The Morgan fingerprint density at radius 3 is 2.56 bits per heavy atom. The molecule has 0 radical (unpaired) electrons. The Bertz CT molecular complexity index is 456. The third kappa shape index (κ3) is 3.32. The van der Waals surface area contributed by atoms with Crippen molar-refractivity contribution in [3.8, 4) is 5.75 Å². The molecule has 0 aromatic heterocycles. The third-order valence-corrected chi connectivity index (χ3v) is 3.51. The molecule has 0 saturated heterocycles. The molecule has 0 aliphatic heterocycles. The number of rotatable bonds is 5. The fourth-order valence-electron chi connectivity index (χ4n) is 1.49. The number of hydrogen-bond donors (Lipinski definition) is 0. The van der Waals surface area contributed by atoms with Crippen molar-refractivity contribution in [2.24, 2.45) is 0 Å². The van der Waals surface area contributed by atoms with Crippen molar-refractivity contribution in [1.29, 1.82) is 0 Å². The Morgan fingerprint density at radius 2 is 2.06 bits per heavy atom. The summed E-state index contributed by atoms with van der Waals surface area (Å²) in [5.74, 6) is 0.0825. The fraction of sp³-hybridized carbons (Fsp3) is 0.385. The number of carbonyl (C=O) groups is 2. The number of halogens is 1. The van der Waals surface area contributed by atoms with Crippen molar-refractivity contribution in [2.45, 2.75) is 18.7 Å². The molecule has 0 bridgehead atoms. The number of ketones is 1. The number of ether oxygens (including phenoxy) is 2. The van der Waals surface area contributed by atoms with E-state index in [0.29, 0.717) is 23.5 Å². The van der Waals surface area contributed by atoms with E-state index in [1.54, 1.807) is 25.1 Å². The maximum atomic E-state index is 11.6. The van der Waals surface area contributed by atoms with Crippen LogP contribution in [0.15, 0.2) is 18.2 Å². The van der Waals surface area contributed by atoms with Gasteiger partial charge in [0.25, 0.3) is 0 Å². The van der Waals surface area contributed by atoms with Gasteiger partial charge in [0.2, 0.25) is 0 Å². The Hall–Kier alpha value is -1.36. The average molecular weight is 315 g/mol. The third-order valence-electron chi connectivity index (χ3n) is 2.37. The predicted molar refractivity (Wildman–Crippen MR) is 71.3 cm³/mol. The largest absolute Gasteiger partial charge is 0.496 e. The van der Waals surface area contributed by atoms with E-state index in [0.717, 1.165) is 0 Å². The van der Waals surface area contributed by atoms with Crippen LogP contribution in [0, 0.1) is 0 Å². The molecular formula is C13H15BrO4.